The number of ether oxygens (including phenoxy) is 1. The Morgan fingerprint density at radius 3 is 3.00 bits per heavy atom. The maximum absolute atomic E-state index is 5.57. The molecule has 1 nitrogen and oxygen atoms in total. The molecule has 0 aromatic heterocycles. The Morgan fingerprint density at radius 1 is 1.50 bits per heavy atom. The average Bonchev–Trinajstić information content (AvgIpc) is 2.46. The Morgan fingerprint density at radius 2 is 2.25 bits per heavy atom. The van der Waals surface area contributed by atoms with Crippen LogP contribution in [0.1, 0.15) is 12.5 Å². The zero-order valence-electron chi connectivity index (χ0n) is 7.01. The van der Waals surface area contributed by atoms with E-state index in [0.717, 1.165) is 17.7 Å². The third kappa shape index (κ3) is 1.06. The van der Waals surface area contributed by atoms with Gasteiger partial charge in [0.15, 0.2) is 0 Å². The van der Waals surface area contributed by atoms with Crippen LogP contribution in [0.2, 0.25) is 0 Å². The van der Waals surface area contributed by atoms with E-state index in [0.29, 0.717) is 0 Å². The lowest BCUT2D eigenvalue weighted by atomic mass is 9.87. The van der Waals surface area contributed by atoms with Crippen LogP contribution >= 0.6 is 15.9 Å². The van der Waals surface area contributed by atoms with Gasteiger partial charge in [-0.1, -0.05) is 41.1 Å². The summed E-state index contributed by atoms with van der Waals surface area (Å²) >= 11 is 3.52. The van der Waals surface area contributed by atoms with Crippen molar-refractivity contribution in [3.63, 3.8) is 0 Å². The molecular weight excluding hydrogens is 216 g/mol. The van der Waals surface area contributed by atoms with Crippen molar-refractivity contribution >= 4 is 15.9 Å². The van der Waals surface area contributed by atoms with Gasteiger partial charge in [0.05, 0.1) is 6.61 Å². The molecule has 1 aromatic rings. The second-order valence-corrected chi connectivity index (χ2v) is 4.04. The predicted molar refractivity (Wildman–Crippen MR) is 53.1 cm³/mol. The minimum absolute atomic E-state index is 0.163. The van der Waals surface area contributed by atoms with Gasteiger partial charge in [-0.05, 0) is 6.07 Å². The number of halogens is 1. The lowest BCUT2D eigenvalue weighted by molar-refractivity contribution is 0.294. The van der Waals surface area contributed by atoms with E-state index in [9.17, 15) is 0 Å². The van der Waals surface area contributed by atoms with Crippen molar-refractivity contribution in [3.8, 4) is 5.75 Å². The molecule has 1 aromatic carbocycles. The van der Waals surface area contributed by atoms with Crippen LogP contribution in [0.15, 0.2) is 24.3 Å². The van der Waals surface area contributed by atoms with Crippen molar-refractivity contribution in [1.82, 2.24) is 0 Å². The molecule has 2 heteroatoms. The minimum atomic E-state index is 0.163. The third-order valence-electron chi connectivity index (χ3n) is 2.38. The smallest absolute Gasteiger partial charge is 0.123 e. The number of fused-ring (bicyclic) bond motifs is 1. The van der Waals surface area contributed by atoms with E-state index in [2.05, 4.69) is 35.0 Å². The maximum atomic E-state index is 5.57. The largest absolute Gasteiger partial charge is 0.492 e. The van der Waals surface area contributed by atoms with E-state index in [1.807, 2.05) is 12.1 Å². The van der Waals surface area contributed by atoms with Crippen molar-refractivity contribution in [2.24, 2.45) is 0 Å². The first-order valence-corrected chi connectivity index (χ1v) is 5.17. The van der Waals surface area contributed by atoms with E-state index < -0.39 is 0 Å². The van der Waals surface area contributed by atoms with Crippen molar-refractivity contribution in [3.05, 3.63) is 29.8 Å². The summed E-state index contributed by atoms with van der Waals surface area (Å²) in [5, 5.41) is 0.955. The summed E-state index contributed by atoms with van der Waals surface area (Å²) in [4.78, 5) is 0. The van der Waals surface area contributed by atoms with Crippen LogP contribution in [-0.2, 0) is 5.41 Å². The second-order valence-electron chi connectivity index (χ2n) is 3.48. The molecule has 12 heavy (non-hydrogen) atoms. The molecule has 1 atom stereocenters. The molecule has 0 aliphatic carbocycles. The van der Waals surface area contributed by atoms with Gasteiger partial charge in [0.1, 0.15) is 5.75 Å². The number of alkyl halides is 1. The quantitative estimate of drug-likeness (QED) is 0.670. The summed E-state index contributed by atoms with van der Waals surface area (Å²) in [6.07, 6.45) is 0. The molecule has 1 aliphatic heterocycles. The van der Waals surface area contributed by atoms with Gasteiger partial charge in [0, 0.05) is 16.3 Å². The summed E-state index contributed by atoms with van der Waals surface area (Å²) in [5.74, 6) is 1.04. The van der Waals surface area contributed by atoms with Gasteiger partial charge < -0.3 is 4.74 Å². The number of rotatable bonds is 1. The van der Waals surface area contributed by atoms with Gasteiger partial charge >= 0.3 is 0 Å². The monoisotopic (exact) mass is 226 g/mol. The first-order valence-electron chi connectivity index (χ1n) is 4.04. The summed E-state index contributed by atoms with van der Waals surface area (Å²) in [7, 11) is 0. The molecule has 0 saturated carbocycles. The highest BCUT2D eigenvalue weighted by atomic mass is 79.9. The average molecular weight is 227 g/mol. The molecule has 64 valence electrons. The van der Waals surface area contributed by atoms with Crippen LogP contribution in [0.5, 0.6) is 5.75 Å². The zero-order chi connectivity index (χ0) is 8.60. The van der Waals surface area contributed by atoms with E-state index in [4.69, 9.17) is 4.74 Å². The number of hydrogen-bond acceptors (Lipinski definition) is 1. The lowest BCUT2D eigenvalue weighted by Gasteiger charge is -2.18. The van der Waals surface area contributed by atoms with Crippen LogP contribution in [0.4, 0.5) is 0 Å². The van der Waals surface area contributed by atoms with Crippen LogP contribution in [0.3, 0.4) is 0 Å². The predicted octanol–water partition coefficient (Wildman–Crippen LogP) is 2.73. The number of para-hydroxylation sites is 1. The SMILES string of the molecule is CC1(CBr)COc2ccccc21. The highest BCUT2D eigenvalue weighted by molar-refractivity contribution is 9.09. The molecule has 1 aliphatic rings. The summed E-state index contributed by atoms with van der Waals surface area (Å²) in [5.41, 5.74) is 1.48. The van der Waals surface area contributed by atoms with E-state index in [1.54, 1.807) is 0 Å². The van der Waals surface area contributed by atoms with Crippen LogP contribution in [0.25, 0.3) is 0 Å². The van der Waals surface area contributed by atoms with Crippen LogP contribution < -0.4 is 4.74 Å². The molecule has 0 spiro atoms. The lowest BCUT2D eigenvalue weighted by Crippen LogP contribution is -2.25. The summed E-state index contributed by atoms with van der Waals surface area (Å²) < 4.78 is 5.57. The highest BCUT2D eigenvalue weighted by Crippen LogP contribution is 2.39. The van der Waals surface area contributed by atoms with Gasteiger partial charge in [0.2, 0.25) is 0 Å². The van der Waals surface area contributed by atoms with Gasteiger partial charge in [0.25, 0.3) is 0 Å². The van der Waals surface area contributed by atoms with Crippen molar-refractivity contribution in [2.45, 2.75) is 12.3 Å². The molecule has 1 unspecified atom stereocenters. The summed E-state index contributed by atoms with van der Waals surface area (Å²) in [6.45, 7) is 3.01. The molecule has 0 bridgehead atoms. The van der Waals surface area contributed by atoms with Crippen LogP contribution in [0, 0.1) is 0 Å². The fourth-order valence-electron chi connectivity index (χ4n) is 1.52. The molecule has 2 rings (SSSR count). The van der Waals surface area contributed by atoms with Gasteiger partial charge in [-0.2, -0.15) is 0 Å². The molecule has 0 amide bonds. The first kappa shape index (κ1) is 8.11. The highest BCUT2D eigenvalue weighted by Gasteiger charge is 2.34. The molecule has 0 saturated heterocycles. The standard InChI is InChI=1S/C10H11BrO/c1-10(6-11)7-12-9-5-3-2-4-8(9)10/h2-5H,6-7H2,1H3. The summed E-state index contributed by atoms with van der Waals surface area (Å²) in [6, 6.07) is 8.25. The Balaban J connectivity index is 2.49. The molecule has 1 heterocycles. The van der Waals surface area contributed by atoms with Crippen molar-refractivity contribution < 1.29 is 4.74 Å². The zero-order valence-corrected chi connectivity index (χ0v) is 8.60. The van der Waals surface area contributed by atoms with E-state index in [-0.39, 0.29) is 5.41 Å². The fourth-order valence-corrected chi connectivity index (χ4v) is 1.98. The minimum Gasteiger partial charge on any atom is -0.492 e. The van der Waals surface area contributed by atoms with Crippen molar-refractivity contribution in [1.29, 1.82) is 0 Å². The fraction of sp³-hybridized carbons (Fsp3) is 0.400. The van der Waals surface area contributed by atoms with Gasteiger partial charge in [-0.3, -0.25) is 0 Å². The first-order chi connectivity index (χ1) is 5.76. The van der Waals surface area contributed by atoms with Crippen LogP contribution in [-0.4, -0.2) is 11.9 Å². The Kier molecular flexibility index (Phi) is 1.87. The third-order valence-corrected chi connectivity index (χ3v) is 3.62. The normalized spacial score (nSPS) is 26.5. The van der Waals surface area contributed by atoms with Gasteiger partial charge in [-0.15, -0.1) is 0 Å². The number of hydrogen-bond donors (Lipinski definition) is 0. The van der Waals surface area contributed by atoms with Crippen molar-refractivity contribution in [2.75, 3.05) is 11.9 Å². The Labute approximate surface area is 80.9 Å². The second kappa shape index (κ2) is 2.77. The van der Waals surface area contributed by atoms with Gasteiger partial charge in [-0.25, -0.2) is 0 Å². The molecule has 0 N–H and O–H groups in total. The number of benzene rings is 1. The topological polar surface area (TPSA) is 9.23 Å². The Hall–Kier alpha value is -0.500. The molecule has 0 radical (unpaired) electrons. The van der Waals surface area contributed by atoms with E-state index >= 15 is 0 Å². The molecule has 0 fully saturated rings. The maximum Gasteiger partial charge on any atom is 0.123 e. The van der Waals surface area contributed by atoms with E-state index in [1.165, 1.54) is 5.56 Å². The molecular formula is C10H11BrO. The Bertz CT molecular complexity index is 298.